The molecule has 1 saturated heterocycles. The van der Waals surface area contributed by atoms with Crippen LogP contribution in [0.25, 0.3) is 0 Å². The second-order valence-electron chi connectivity index (χ2n) is 5.62. The molecule has 0 saturated carbocycles. The Morgan fingerprint density at radius 3 is 2.91 bits per heavy atom. The summed E-state index contributed by atoms with van der Waals surface area (Å²) in [5.41, 5.74) is 2.06. The van der Waals surface area contributed by atoms with Crippen molar-refractivity contribution in [1.29, 1.82) is 0 Å². The molecule has 0 amide bonds. The first-order chi connectivity index (χ1) is 11.2. The highest BCUT2D eigenvalue weighted by Crippen LogP contribution is 2.19. The van der Waals surface area contributed by atoms with E-state index in [1.807, 2.05) is 31.2 Å². The van der Waals surface area contributed by atoms with Crippen molar-refractivity contribution < 1.29 is 13.9 Å². The molecule has 6 nitrogen and oxygen atoms in total. The van der Waals surface area contributed by atoms with Gasteiger partial charge in [-0.05, 0) is 24.6 Å². The Labute approximate surface area is 136 Å². The standard InChI is InChI=1S/C17H23N3O3/c1-13-16(12-20-6-8-22-9-7-20)23-17(19-13)18-11-14-4-3-5-15(10-14)21-2/h3-5,10H,6-9,11-12H2,1-2H3,(H,18,19). The average molecular weight is 317 g/mol. The largest absolute Gasteiger partial charge is 0.497 e. The highest BCUT2D eigenvalue weighted by atomic mass is 16.5. The highest BCUT2D eigenvalue weighted by Gasteiger charge is 2.16. The third kappa shape index (κ3) is 4.24. The van der Waals surface area contributed by atoms with Crippen molar-refractivity contribution in [3.8, 4) is 5.75 Å². The lowest BCUT2D eigenvalue weighted by molar-refractivity contribution is 0.0313. The minimum Gasteiger partial charge on any atom is -0.497 e. The second-order valence-corrected chi connectivity index (χ2v) is 5.62. The molecule has 0 aliphatic carbocycles. The Kier molecular flexibility index (Phi) is 5.15. The number of oxazole rings is 1. The molecule has 1 aromatic carbocycles. The molecule has 2 heterocycles. The molecule has 1 aromatic heterocycles. The quantitative estimate of drug-likeness (QED) is 0.883. The minimum absolute atomic E-state index is 0.563. The second kappa shape index (κ2) is 7.48. The zero-order valence-corrected chi connectivity index (χ0v) is 13.7. The molecule has 1 fully saturated rings. The maximum atomic E-state index is 5.86. The van der Waals surface area contributed by atoms with Gasteiger partial charge in [0.1, 0.15) is 11.5 Å². The number of morpholine rings is 1. The van der Waals surface area contributed by atoms with Gasteiger partial charge in [-0.2, -0.15) is 4.98 Å². The minimum atomic E-state index is 0.563. The van der Waals surface area contributed by atoms with Gasteiger partial charge in [0.25, 0.3) is 6.01 Å². The topological polar surface area (TPSA) is 59.8 Å². The number of rotatable bonds is 6. The summed E-state index contributed by atoms with van der Waals surface area (Å²) < 4.78 is 16.5. The van der Waals surface area contributed by atoms with Gasteiger partial charge in [0.2, 0.25) is 0 Å². The van der Waals surface area contributed by atoms with Gasteiger partial charge in [0.15, 0.2) is 0 Å². The molecule has 0 atom stereocenters. The maximum absolute atomic E-state index is 5.86. The van der Waals surface area contributed by atoms with E-state index in [-0.39, 0.29) is 0 Å². The van der Waals surface area contributed by atoms with Crippen LogP contribution in [-0.4, -0.2) is 43.3 Å². The van der Waals surface area contributed by atoms with Gasteiger partial charge in [0.05, 0.1) is 32.6 Å². The van der Waals surface area contributed by atoms with Gasteiger partial charge in [-0.15, -0.1) is 0 Å². The lowest BCUT2D eigenvalue weighted by Crippen LogP contribution is -2.35. The fourth-order valence-electron chi connectivity index (χ4n) is 2.57. The number of hydrogen-bond donors (Lipinski definition) is 1. The van der Waals surface area contributed by atoms with Crippen LogP contribution < -0.4 is 10.1 Å². The lowest BCUT2D eigenvalue weighted by atomic mass is 10.2. The van der Waals surface area contributed by atoms with Gasteiger partial charge >= 0.3 is 0 Å². The Bertz CT molecular complexity index is 636. The smallest absolute Gasteiger partial charge is 0.295 e. The monoisotopic (exact) mass is 317 g/mol. The predicted molar refractivity (Wildman–Crippen MR) is 87.7 cm³/mol. The normalized spacial score (nSPS) is 15.6. The highest BCUT2D eigenvalue weighted by molar-refractivity contribution is 5.32. The van der Waals surface area contributed by atoms with Crippen molar-refractivity contribution in [2.45, 2.75) is 20.0 Å². The number of nitrogens with one attached hydrogen (secondary N) is 1. The Morgan fingerprint density at radius 2 is 2.13 bits per heavy atom. The van der Waals surface area contributed by atoms with Crippen LogP contribution in [0.15, 0.2) is 28.7 Å². The van der Waals surface area contributed by atoms with Crippen molar-refractivity contribution in [2.24, 2.45) is 0 Å². The van der Waals surface area contributed by atoms with E-state index in [2.05, 4.69) is 15.2 Å². The fraction of sp³-hybridized carbons (Fsp3) is 0.471. The summed E-state index contributed by atoms with van der Waals surface area (Å²) in [5, 5.41) is 3.23. The number of aryl methyl sites for hydroxylation is 1. The molecule has 1 N–H and O–H groups in total. The van der Waals surface area contributed by atoms with Crippen LogP contribution in [0.2, 0.25) is 0 Å². The first-order valence-corrected chi connectivity index (χ1v) is 7.88. The van der Waals surface area contributed by atoms with E-state index in [9.17, 15) is 0 Å². The summed E-state index contributed by atoms with van der Waals surface area (Å²) in [6.45, 7) is 6.86. The summed E-state index contributed by atoms with van der Waals surface area (Å²) in [6.07, 6.45) is 0. The predicted octanol–water partition coefficient (Wildman–Crippen LogP) is 2.44. The van der Waals surface area contributed by atoms with E-state index < -0.39 is 0 Å². The molecule has 2 aromatic rings. The van der Waals surface area contributed by atoms with Crippen molar-refractivity contribution in [3.63, 3.8) is 0 Å². The maximum Gasteiger partial charge on any atom is 0.295 e. The third-order valence-corrected chi connectivity index (χ3v) is 3.94. The molecule has 0 spiro atoms. The zero-order chi connectivity index (χ0) is 16.1. The zero-order valence-electron chi connectivity index (χ0n) is 13.7. The fourth-order valence-corrected chi connectivity index (χ4v) is 2.57. The van der Waals surface area contributed by atoms with Crippen LogP contribution in [0.4, 0.5) is 6.01 Å². The van der Waals surface area contributed by atoms with E-state index in [1.165, 1.54) is 0 Å². The summed E-state index contributed by atoms with van der Waals surface area (Å²) >= 11 is 0. The van der Waals surface area contributed by atoms with Gasteiger partial charge in [-0.3, -0.25) is 4.90 Å². The molecule has 0 bridgehead atoms. The third-order valence-electron chi connectivity index (χ3n) is 3.94. The molecule has 1 aliphatic rings. The number of aromatic nitrogens is 1. The average Bonchev–Trinajstić information content (AvgIpc) is 2.94. The van der Waals surface area contributed by atoms with Gasteiger partial charge in [-0.1, -0.05) is 12.1 Å². The van der Waals surface area contributed by atoms with Crippen molar-refractivity contribution >= 4 is 6.01 Å². The van der Waals surface area contributed by atoms with E-state index in [0.717, 1.165) is 55.6 Å². The summed E-state index contributed by atoms with van der Waals surface area (Å²) in [6, 6.07) is 8.51. The SMILES string of the molecule is COc1cccc(CNc2nc(C)c(CN3CCOCC3)o2)c1. The van der Waals surface area contributed by atoms with E-state index in [1.54, 1.807) is 7.11 Å². The summed E-state index contributed by atoms with van der Waals surface area (Å²) in [5.74, 6) is 1.76. The molecule has 0 unspecified atom stereocenters. The summed E-state index contributed by atoms with van der Waals surface area (Å²) in [4.78, 5) is 6.79. The van der Waals surface area contributed by atoms with Crippen LogP contribution in [0.1, 0.15) is 17.0 Å². The molecule has 124 valence electrons. The van der Waals surface area contributed by atoms with Crippen LogP contribution in [0.3, 0.4) is 0 Å². The van der Waals surface area contributed by atoms with Gasteiger partial charge in [0, 0.05) is 19.6 Å². The van der Waals surface area contributed by atoms with Crippen molar-refractivity contribution in [1.82, 2.24) is 9.88 Å². The molecule has 1 aliphatic heterocycles. The molecule has 0 radical (unpaired) electrons. The number of anilines is 1. The number of hydrogen-bond acceptors (Lipinski definition) is 6. The molecule has 3 rings (SSSR count). The number of nitrogens with zero attached hydrogens (tertiary/aromatic N) is 2. The Balaban J connectivity index is 1.59. The molecular formula is C17H23N3O3. The van der Waals surface area contributed by atoms with Crippen LogP contribution in [0, 0.1) is 6.92 Å². The van der Waals surface area contributed by atoms with Crippen LogP contribution >= 0.6 is 0 Å². The Morgan fingerprint density at radius 1 is 1.30 bits per heavy atom. The molecule has 6 heteroatoms. The molecular weight excluding hydrogens is 294 g/mol. The van der Waals surface area contributed by atoms with E-state index >= 15 is 0 Å². The van der Waals surface area contributed by atoms with Crippen LogP contribution in [-0.2, 0) is 17.8 Å². The van der Waals surface area contributed by atoms with Gasteiger partial charge < -0.3 is 19.2 Å². The first kappa shape index (κ1) is 15.8. The summed E-state index contributed by atoms with van der Waals surface area (Å²) in [7, 11) is 1.67. The Hall–Kier alpha value is -2.05. The van der Waals surface area contributed by atoms with Crippen molar-refractivity contribution in [2.75, 3.05) is 38.7 Å². The molecule has 23 heavy (non-hydrogen) atoms. The van der Waals surface area contributed by atoms with Gasteiger partial charge in [-0.25, -0.2) is 0 Å². The first-order valence-electron chi connectivity index (χ1n) is 7.88. The van der Waals surface area contributed by atoms with Crippen LogP contribution in [0.5, 0.6) is 5.75 Å². The number of ether oxygens (including phenoxy) is 2. The van der Waals surface area contributed by atoms with E-state index in [0.29, 0.717) is 12.6 Å². The number of methoxy groups -OCH3 is 1. The number of benzene rings is 1. The lowest BCUT2D eigenvalue weighted by Gasteiger charge is -2.25. The van der Waals surface area contributed by atoms with Crippen molar-refractivity contribution in [3.05, 3.63) is 41.3 Å². The van der Waals surface area contributed by atoms with E-state index in [4.69, 9.17) is 13.9 Å².